The molecule has 1 amide bonds. The summed E-state index contributed by atoms with van der Waals surface area (Å²) in [5.74, 6) is -0.132. The average molecular weight is 389 g/mol. The molecule has 2 aromatic heterocycles. The molecule has 4 rings (SSSR count). The molecule has 3 heterocycles. The lowest BCUT2D eigenvalue weighted by Gasteiger charge is -2.29. The number of halogens is 2. The number of fused-ring (bicyclic) bond motifs is 2. The van der Waals surface area contributed by atoms with Gasteiger partial charge in [-0.2, -0.15) is 5.10 Å². The van der Waals surface area contributed by atoms with Crippen molar-refractivity contribution in [1.29, 1.82) is 0 Å². The van der Waals surface area contributed by atoms with Gasteiger partial charge in [0.1, 0.15) is 6.67 Å². The minimum absolute atomic E-state index is 0.132. The Kier molecular flexibility index (Phi) is 3.80. The molecule has 1 aliphatic heterocycles. The minimum atomic E-state index is -0.468. The van der Waals surface area contributed by atoms with Crippen molar-refractivity contribution in [3.8, 4) is 0 Å². The first-order valence-electron chi connectivity index (χ1n) is 7.61. The Morgan fingerprint density at radius 1 is 1.38 bits per heavy atom. The fraction of sp³-hybridized carbons (Fsp3) is 0.235. The molecule has 7 heteroatoms. The van der Waals surface area contributed by atoms with Gasteiger partial charge in [0.05, 0.1) is 4.47 Å². The van der Waals surface area contributed by atoms with Crippen LogP contribution in [0, 0.1) is 0 Å². The second-order valence-corrected chi connectivity index (χ2v) is 6.69. The normalized spacial score (nSPS) is 14.0. The van der Waals surface area contributed by atoms with Crippen LogP contribution < -0.4 is 0 Å². The van der Waals surface area contributed by atoms with Gasteiger partial charge < -0.3 is 4.90 Å². The van der Waals surface area contributed by atoms with Gasteiger partial charge in [-0.3, -0.25) is 4.79 Å². The van der Waals surface area contributed by atoms with Gasteiger partial charge in [-0.1, -0.05) is 18.2 Å². The Bertz CT molecular complexity index is 939. The van der Waals surface area contributed by atoms with Crippen molar-refractivity contribution < 1.29 is 9.18 Å². The van der Waals surface area contributed by atoms with E-state index in [2.05, 4.69) is 26.0 Å². The van der Waals surface area contributed by atoms with E-state index in [-0.39, 0.29) is 5.91 Å². The molecule has 122 valence electrons. The van der Waals surface area contributed by atoms with Crippen molar-refractivity contribution in [3.05, 3.63) is 63.5 Å². The zero-order valence-electron chi connectivity index (χ0n) is 12.7. The van der Waals surface area contributed by atoms with Crippen molar-refractivity contribution in [1.82, 2.24) is 19.5 Å². The van der Waals surface area contributed by atoms with Crippen LogP contribution in [-0.2, 0) is 19.6 Å². The molecule has 0 spiro atoms. The van der Waals surface area contributed by atoms with E-state index in [9.17, 15) is 9.18 Å². The lowest BCUT2D eigenvalue weighted by molar-refractivity contribution is 0.0728. The van der Waals surface area contributed by atoms with Crippen LogP contribution in [0.2, 0.25) is 0 Å². The van der Waals surface area contributed by atoms with E-state index in [1.54, 1.807) is 27.9 Å². The van der Waals surface area contributed by atoms with Crippen molar-refractivity contribution in [2.45, 2.75) is 19.6 Å². The van der Waals surface area contributed by atoms with Gasteiger partial charge in [0, 0.05) is 31.5 Å². The predicted molar refractivity (Wildman–Crippen MR) is 90.4 cm³/mol. The number of amides is 1. The smallest absolute Gasteiger partial charge is 0.274 e. The molecule has 0 aliphatic carbocycles. The van der Waals surface area contributed by atoms with Gasteiger partial charge >= 0.3 is 0 Å². The summed E-state index contributed by atoms with van der Waals surface area (Å²) in [6, 6.07) is 7.29. The molecule has 5 nitrogen and oxygen atoms in total. The van der Waals surface area contributed by atoms with E-state index < -0.39 is 6.67 Å². The van der Waals surface area contributed by atoms with Crippen molar-refractivity contribution >= 4 is 27.5 Å². The van der Waals surface area contributed by atoms with Gasteiger partial charge in [-0.05, 0) is 39.0 Å². The number of carbonyl (C=O) groups is 1. The monoisotopic (exact) mass is 388 g/mol. The molecule has 1 aliphatic rings. The molecule has 0 saturated heterocycles. The molecule has 3 aromatic rings. The van der Waals surface area contributed by atoms with E-state index in [1.165, 1.54) is 0 Å². The molecule has 24 heavy (non-hydrogen) atoms. The van der Waals surface area contributed by atoms with Crippen molar-refractivity contribution in [3.63, 3.8) is 0 Å². The summed E-state index contributed by atoms with van der Waals surface area (Å²) in [5, 5.41) is 4.31. The number of carbonyl (C=O) groups excluding carboxylic acids is 1. The number of aromatic nitrogens is 3. The summed E-state index contributed by atoms with van der Waals surface area (Å²) in [7, 11) is 0. The zero-order chi connectivity index (χ0) is 16.7. The molecule has 0 N–H and O–H groups in total. The Labute approximate surface area is 146 Å². The second-order valence-electron chi connectivity index (χ2n) is 5.77. The van der Waals surface area contributed by atoms with Crippen molar-refractivity contribution in [2.75, 3.05) is 6.54 Å². The predicted octanol–water partition coefficient (Wildman–Crippen LogP) is 3.16. The summed E-state index contributed by atoms with van der Waals surface area (Å²) in [5.41, 5.74) is 3.75. The first-order chi connectivity index (χ1) is 11.7. The first-order valence-corrected chi connectivity index (χ1v) is 8.41. The highest BCUT2D eigenvalue weighted by Crippen LogP contribution is 2.24. The van der Waals surface area contributed by atoms with Gasteiger partial charge in [-0.15, -0.1) is 0 Å². The number of hydrogen-bond donors (Lipinski definition) is 0. The Balaban J connectivity index is 1.62. The Morgan fingerprint density at radius 3 is 3.08 bits per heavy atom. The van der Waals surface area contributed by atoms with Crippen LogP contribution in [0.1, 0.15) is 27.2 Å². The maximum Gasteiger partial charge on any atom is 0.274 e. The minimum Gasteiger partial charge on any atom is -0.333 e. The average Bonchev–Trinajstić information content (AvgIpc) is 3.03. The van der Waals surface area contributed by atoms with E-state index >= 15 is 0 Å². The SMILES string of the molecule is O=C(c1cc2ncc(Br)cn2n1)N1CCc2c(CF)cccc2C1. The zero-order valence-corrected chi connectivity index (χ0v) is 14.3. The maximum absolute atomic E-state index is 13.1. The van der Waals surface area contributed by atoms with Gasteiger partial charge in [0.2, 0.25) is 0 Å². The van der Waals surface area contributed by atoms with Crippen LogP contribution in [0.25, 0.3) is 5.65 Å². The standard InChI is InChI=1S/C17H14BrFN4O/c18-13-8-20-16-6-15(21-23(16)10-13)17(24)22-5-4-14-11(7-19)2-1-3-12(14)9-22/h1-3,6,8,10H,4-5,7,9H2. The molecular formula is C17H14BrFN4O. The van der Waals surface area contributed by atoms with E-state index in [0.717, 1.165) is 21.2 Å². The summed E-state index contributed by atoms with van der Waals surface area (Å²) in [6.07, 6.45) is 4.09. The Morgan fingerprint density at radius 2 is 2.25 bits per heavy atom. The van der Waals surface area contributed by atoms with E-state index in [4.69, 9.17) is 0 Å². The topological polar surface area (TPSA) is 50.5 Å². The van der Waals surface area contributed by atoms with Crippen LogP contribution in [0.4, 0.5) is 4.39 Å². The van der Waals surface area contributed by atoms with Gasteiger partial charge in [0.25, 0.3) is 5.91 Å². The highest BCUT2D eigenvalue weighted by molar-refractivity contribution is 9.10. The van der Waals surface area contributed by atoms with Crippen molar-refractivity contribution in [2.24, 2.45) is 0 Å². The highest BCUT2D eigenvalue weighted by atomic mass is 79.9. The third-order valence-corrected chi connectivity index (χ3v) is 4.70. The van der Waals surface area contributed by atoms with Crippen LogP contribution in [0.5, 0.6) is 0 Å². The number of alkyl halides is 1. The molecule has 1 aromatic carbocycles. The molecular weight excluding hydrogens is 375 g/mol. The largest absolute Gasteiger partial charge is 0.333 e. The lowest BCUT2D eigenvalue weighted by Crippen LogP contribution is -2.36. The lowest BCUT2D eigenvalue weighted by atomic mass is 9.95. The molecule has 0 atom stereocenters. The fourth-order valence-electron chi connectivity index (χ4n) is 3.11. The third-order valence-electron chi connectivity index (χ3n) is 4.30. The number of hydrogen-bond acceptors (Lipinski definition) is 3. The van der Waals surface area contributed by atoms with Gasteiger partial charge in [0.15, 0.2) is 11.3 Å². The number of nitrogens with zero attached hydrogens (tertiary/aromatic N) is 4. The third kappa shape index (κ3) is 2.58. The summed E-state index contributed by atoms with van der Waals surface area (Å²) >= 11 is 3.34. The second kappa shape index (κ2) is 5.98. The summed E-state index contributed by atoms with van der Waals surface area (Å²) < 4.78 is 15.5. The van der Waals surface area contributed by atoms with E-state index in [1.807, 2.05) is 18.2 Å². The molecule has 0 bridgehead atoms. The first kappa shape index (κ1) is 15.3. The highest BCUT2D eigenvalue weighted by Gasteiger charge is 2.25. The van der Waals surface area contributed by atoms with Crippen LogP contribution in [0.3, 0.4) is 0 Å². The molecule has 0 unspecified atom stereocenters. The van der Waals surface area contributed by atoms with Crippen LogP contribution in [0.15, 0.2) is 41.1 Å². The maximum atomic E-state index is 13.1. The van der Waals surface area contributed by atoms with Crippen LogP contribution >= 0.6 is 15.9 Å². The Hall–Kier alpha value is -2.28. The molecule has 0 saturated carbocycles. The number of benzene rings is 1. The van der Waals surface area contributed by atoms with E-state index in [0.29, 0.717) is 30.9 Å². The van der Waals surface area contributed by atoms with Gasteiger partial charge in [-0.25, -0.2) is 13.9 Å². The fourth-order valence-corrected chi connectivity index (χ4v) is 3.40. The molecule has 0 fully saturated rings. The quantitative estimate of drug-likeness (QED) is 0.677. The van der Waals surface area contributed by atoms with Crippen LogP contribution in [-0.4, -0.2) is 31.9 Å². The summed E-state index contributed by atoms with van der Waals surface area (Å²) in [4.78, 5) is 18.7. The summed E-state index contributed by atoms with van der Waals surface area (Å²) in [6.45, 7) is 0.574. The molecule has 0 radical (unpaired) electrons. The number of rotatable bonds is 2.